The molecule has 2 rings (SSSR count). The lowest BCUT2D eigenvalue weighted by Crippen LogP contribution is -2.43. The van der Waals surface area contributed by atoms with Crippen LogP contribution in [0, 0.1) is 0 Å². The van der Waals surface area contributed by atoms with Crippen molar-refractivity contribution < 1.29 is 19.4 Å². The molecule has 140 valence electrons. The Bertz CT molecular complexity index is 748. The van der Waals surface area contributed by atoms with E-state index in [9.17, 15) is 9.90 Å². The molecule has 1 unspecified atom stereocenters. The van der Waals surface area contributed by atoms with Gasteiger partial charge in [0.05, 0.1) is 25.5 Å². The fraction of sp³-hybridized carbons (Fsp3) is 0.316. The second kappa shape index (κ2) is 8.78. The van der Waals surface area contributed by atoms with E-state index >= 15 is 0 Å². The number of hydrogen-bond donors (Lipinski definition) is 3. The molecule has 3 N–H and O–H groups in total. The fourth-order valence-electron chi connectivity index (χ4n) is 2.46. The zero-order chi connectivity index (χ0) is 19.2. The molecule has 2 aromatic rings. The lowest BCUT2D eigenvalue weighted by Gasteiger charge is -2.24. The van der Waals surface area contributed by atoms with Gasteiger partial charge < -0.3 is 25.2 Å². The number of urea groups is 1. The predicted molar refractivity (Wildman–Crippen MR) is 102 cm³/mol. The van der Waals surface area contributed by atoms with Gasteiger partial charge in [0, 0.05) is 18.0 Å². The zero-order valence-corrected chi connectivity index (χ0v) is 15.8. The van der Waals surface area contributed by atoms with Crippen LogP contribution in [0.25, 0.3) is 0 Å². The molecule has 0 bridgehead atoms. The van der Waals surface area contributed by atoms with Crippen LogP contribution in [0.2, 0.25) is 5.02 Å². The Morgan fingerprint density at radius 2 is 1.85 bits per heavy atom. The smallest absolute Gasteiger partial charge is 0.319 e. The van der Waals surface area contributed by atoms with Crippen LogP contribution < -0.4 is 20.1 Å². The number of rotatable bonds is 7. The van der Waals surface area contributed by atoms with Gasteiger partial charge in [-0.3, -0.25) is 0 Å². The molecule has 0 spiro atoms. The highest BCUT2D eigenvalue weighted by molar-refractivity contribution is 6.31. The summed E-state index contributed by atoms with van der Waals surface area (Å²) in [4.78, 5) is 12.1. The van der Waals surface area contributed by atoms with E-state index in [1.54, 1.807) is 32.2 Å². The third-order valence-corrected chi connectivity index (χ3v) is 4.02. The molecule has 0 aliphatic rings. The van der Waals surface area contributed by atoms with Crippen LogP contribution in [-0.4, -0.2) is 37.5 Å². The highest BCUT2D eigenvalue weighted by Gasteiger charge is 2.22. The van der Waals surface area contributed by atoms with Crippen molar-refractivity contribution in [1.82, 2.24) is 5.32 Å². The SMILES string of the molecule is COc1ccc(CC(C)(O)CNC(=O)Nc2cc(Cl)ccc2OC)cc1. The fourth-order valence-corrected chi connectivity index (χ4v) is 2.63. The minimum absolute atomic E-state index is 0.0771. The van der Waals surface area contributed by atoms with Gasteiger partial charge in [-0.15, -0.1) is 0 Å². The Kier molecular flexibility index (Phi) is 6.71. The lowest BCUT2D eigenvalue weighted by atomic mass is 9.96. The summed E-state index contributed by atoms with van der Waals surface area (Å²) >= 11 is 5.94. The molecule has 2 amide bonds. The van der Waals surface area contributed by atoms with Gasteiger partial charge in [-0.05, 0) is 42.8 Å². The normalized spacial score (nSPS) is 12.8. The Hall–Kier alpha value is -2.44. The van der Waals surface area contributed by atoms with Crippen molar-refractivity contribution >= 4 is 23.3 Å². The molecular formula is C19H23ClN2O4. The van der Waals surface area contributed by atoms with Crippen molar-refractivity contribution in [2.45, 2.75) is 18.9 Å². The van der Waals surface area contributed by atoms with Gasteiger partial charge in [0.15, 0.2) is 0 Å². The average Bonchev–Trinajstić information content (AvgIpc) is 2.61. The van der Waals surface area contributed by atoms with Crippen LogP contribution in [0.15, 0.2) is 42.5 Å². The number of nitrogens with one attached hydrogen (secondary N) is 2. The van der Waals surface area contributed by atoms with Gasteiger partial charge in [-0.2, -0.15) is 0 Å². The number of methoxy groups -OCH3 is 2. The summed E-state index contributed by atoms with van der Waals surface area (Å²) in [6.45, 7) is 1.74. The number of aliphatic hydroxyl groups is 1. The maximum Gasteiger partial charge on any atom is 0.319 e. The van der Waals surface area contributed by atoms with Crippen molar-refractivity contribution in [3.8, 4) is 11.5 Å². The van der Waals surface area contributed by atoms with Gasteiger partial charge in [0.1, 0.15) is 11.5 Å². The van der Waals surface area contributed by atoms with Gasteiger partial charge in [-0.1, -0.05) is 23.7 Å². The predicted octanol–water partition coefficient (Wildman–Crippen LogP) is 3.47. The number of hydrogen-bond acceptors (Lipinski definition) is 4. The monoisotopic (exact) mass is 378 g/mol. The molecule has 0 aliphatic carbocycles. The first-order valence-electron chi connectivity index (χ1n) is 8.07. The summed E-state index contributed by atoms with van der Waals surface area (Å²) in [6, 6.07) is 11.9. The summed E-state index contributed by atoms with van der Waals surface area (Å²) < 4.78 is 10.3. The number of carbonyl (C=O) groups excluding carboxylic acids is 1. The number of carbonyl (C=O) groups is 1. The molecule has 0 fully saturated rings. The maximum absolute atomic E-state index is 12.1. The van der Waals surface area contributed by atoms with E-state index in [1.807, 2.05) is 24.3 Å². The summed E-state index contributed by atoms with van der Waals surface area (Å²) in [7, 11) is 3.11. The zero-order valence-electron chi connectivity index (χ0n) is 15.0. The number of halogens is 1. The van der Waals surface area contributed by atoms with Crippen molar-refractivity contribution in [3.05, 3.63) is 53.1 Å². The minimum atomic E-state index is -1.11. The van der Waals surface area contributed by atoms with Gasteiger partial charge in [0.2, 0.25) is 0 Å². The molecule has 0 heterocycles. The first kappa shape index (κ1) is 19.9. The molecule has 2 aromatic carbocycles. The van der Waals surface area contributed by atoms with Crippen molar-refractivity contribution in [2.24, 2.45) is 0 Å². The summed E-state index contributed by atoms with van der Waals surface area (Å²) in [5.74, 6) is 1.25. The average molecular weight is 379 g/mol. The van der Waals surface area contributed by atoms with Crippen LogP contribution >= 0.6 is 11.6 Å². The Labute approximate surface area is 158 Å². The van der Waals surface area contributed by atoms with E-state index in [4.69, 9.17) is 21.1 Å². The molecule has 1 atom stereocenters. The topological polar surface area (TPSA) is 79.8 Å². The third-order valence-electron chi connectivity index (χ3n) is 3.78. The van der Waals surface area contributed by atoms with E-state index in [-0.39, 0.29) is 6.54 Å². The van der Waals surface area contributed by atoms with Gasteiger partial charge in [0.25, 0.3) is 0 Å². The Morgan fingerprint density at radius 1 is 1.15 bits per heavy atom. The van der Waals surface area contributed by atoms with E-state index in [2.05, 4.69) is 10.6 Å². The summed E-state index contributed by atoms with van der Waals surface area (Å²) in [5.41, 5.74) is 0.284. The molecule has 7 heteroatoms. The lowest BCUT2D eigenvalue weighted by molar-refractivity contribution is 0.0629. The number of anilines is 1. The molecule has 26 heavy (non-hydrogen) atoms. The largest absolute Gasteiger partial charge is 0.497 e. The number of ether oxygens (including phenoxy) is 2. The first-order chi connectivity index (χ1) is 12.3. The quantitative estimate of drug-likeness (QED) is 0.689. The first-order valence-corrected chi connectivity index (χ1v) is 8.44. The van der Waals surface area contributed by atoms with Crippen molar-refractivity contribution in [2.75, 3.05) is 26.1 Å². The maximum atomic E-state index is 12.1. The molecule has 0 saturated heterocycles. The third kappa shape index (κ3) is 5.82. The van der Waals surface area contributed by atoms with Crippen LogP contribution in [0.4, 0.5) is 10.5 Å². The number of amides is 2. The van der Waals surface area contributed by atoms with Crippen LogP contribution in [0.1, 0.15) is 12.5 Å². The minimum Gasteiger partial charge on any atom is -0.497 e. The Morgan fingerprint density at radius 3 is 2.46 bits per heavy atom. The molecule has 0 aliphatic heterocycles. The van der Waals surface area contributed by atoms with Crippen LogP contribution in [0.3, 0.4) is 0 Å². The van der Waals surface area contributed by atoms with Gasteiger partial charge in [-0.25, -0.2) is 4.79 Å². The summed E-state index contributed by atoms with van der Waals surface area (Å²) in [5, 5.41) is 16.3. The van der Waals surface area contributed by atoms with E-state index in [1.165, 1.54) is 7.11 Å². The van der Waals surface area contributed by atoms with Crippen molar-refractivity contribution in [3.63, 3.8) is 0 Å². The van der Waals surface area contributed by atoms with Crippen LogP contribution in [-0.2, 0) is 6.42 Å². The van der Waals surface area contributed by atoms with E-state index in [0.29, 0.717) is 22.9 Å². The molecule has 0 saturated carbocycles. The highest BCUT2D eigenvalue weighted by Crippen LogP contribution is 2.27. The second-order valence-electron chi connectivity index (χ2n) is 6.17. The van der Waals surface area contributed by atoms with Crippen molar-refractivity contribution in [1.29, 1.82) is 0 Å². The standard InChI is InChI=1S/C19H23ClN2O4/c1-19(24,11-13-4-7-15(25-2)8-5-13)12-21-18(23)22-16-10-14(20)6-9-17(16)26-3/h4-10,24H,11-12H2,1-3H3,(H2,21,22,23). The molecular weight excluding hydrogens is 356 g/mol. The molecule has 0 radical (unpaired) electrons. The highest BCUT2D eigenvalue weighted by atomic mass is 35.5. The number of benzene rings is 2. The molecule has 0 aromatic heterocycles. The Balaban J connectivity index is 1.91. The second-order valence-corrected chi connectivity index (χ2v) is 6.61. The van der Waals surface area contributed by atoms with Crippen LogP contribution in [0.5, 0.6) is 11.5 Å². The van der Waals surface area contributed by atoms with Gasteiger partial charge >= 0.3 is 6.03 Å². The van der Waals surface area contributed by atoms with E-state index in [0.717, 1.165) is 11.3 Å². The van der Waals surface area contributed by atoms with E-state index < -0.39 is 11.6 Å². The molecule has 6 nitrogen and oxygen atoms in total. The summed E-state index contributed by atoms with van der Waals surface area (Å²) in [6.07, 6.45) is 0.387.